The first-order valence-electron chi connectivity index (χ1n) is 4.30. The Morgan fingerprint density at radius 3 is 3.08 bits per heavy atom. The molecule has 0 spiro atoms. The molecule has 12 heavy (non-hydrogen) atoms. The Morgan fingerprint density at radius 1 is 1.58 bits per heavy atom. The molecule has 0 saturated heterocycles. The van der Waals surface area contributed by atoms with Gasteiger partial charge in [0.2, 0.25) is 0 Å². The van der Waals surface area contributed by atoms with Crippen LogP contribution in [-0.2, 0) is 0 Å². The summed E-state index contributed by atoms with van der Waals surface area (Å²) in [7, 11) is 0. The van der Waals surface area contributed by atoms with Crippen LogP contribution in [0, 0.1) is 5.92 Å². The van der Waals surface area contributed by atoms with Gasteiger partial charge in [0.1, 0.15) is 5.82 Å². The molecule has 2 rings (SSSR count). The molecule has 1 aliphatic carbocycles. The lowest BCUT2D eigenvalue weighted by Crippen LogP contribution is -2.04. The standard InChI is InChI=1S/C9H13N3/c10-8-3-4-11-9(5-8)12-6-7-1-2-7/h3-5,7H,1-2,6H2,(H3,10,11,12). The van der Waals surface area contributed by atoms with E-state index in [1.807, 2.05) is 6.07 Å². The number of nitrogens with two attached hydrogens (primary N) is 1. The molecule has 3 nitrogen and oxygen atoms in total. The molecule has 3 heteroatoms. The predicted molar refractivity (Wildman–Crippen MR) is 49.9 cm³/mol. The number of nitrogens with zero attached hydrogens (tertiary/aromatic N) is 1. The van der Waals surface area contributed by atoms with Crippen molar-refractivity contribution in [2.75, 3.05) is 17.6 Å². The first kappa shape index (κ1) is 7.40. The van der Waals surface area contributed by atoms with Crippen LogP contribution in [0.1, 0.15) is 12.8 Å². The van der Waals surface area contributed by atoms with Crippen LogP contribution in [0.3, 0.4) is 0 Å². The molecule has 0 radical (unpaired) electrons. The number of hydrogen-bond donors (Lipinski definition) is 2. The maximum atomic E-state index is 5.60. The molecule has 1 aromatic rings. The van der Waals surface area contributed by atoms with Crippen LogP contribution in [0.4, 0.5) is 11.5 Å². The van der Waals surface area contributed by atoms with Crippen molar-refractivity contribution in [1.82, 2.24) is 4.98 Å². The van der Waals surface area contributed by atoms with Gasteiger partial charge in [-0.15, -0.1) is 0 Å². The van der Waals surface area contributed by atoms with Gasteiger partial charge in [-0.25, -0.2) is 4.98 Å². The third-order valence-electron chi connectivity index (χ3n) is 2.05. The van der Waals surface area contributed by atoms with E-state index in [2.05, 4.69) is 10.3 Å². The summed E-state index contributed by atoms with van der Waals surface area (Å²) in [6.07, 6.45) is 4.44. The van der Waals surface area contributed by atoms with E-state index in [0.717, 1.165) is 24.0 Å². The molecule has 0 amide bonds. The minimum absolute atomic E-state index is 0.767. The van der Waals surface area contributed by atoms with Crippen molar-refractivity contribution in [1.29, 1.82) is 0 Å². The second-order valence-corrected chi connectivity index (χ2v) is 3.30. The highest BCUT2D eigenvalue weighted by Crippen LogP contribution is 2.28. The molecule has 0 atom stereocenters. The van der Waals surface area contributed by atoms with Gasteiger partial charge >= 0.3 is 0 Å². The number of hydrogen-bond acceptors (Lipinski definition) is 3. The second kappa shape index (κ2) is 3.01. The number of anilines is 2. The van der Waals surface area contributed by atoms with Crippen molar-refractivity contribution in [3.05, 3.63) is 18.3 Å². The molecule has 1 heterocycles. The highest BCUT2D eigenvalue weighted by atomic mass is 15.0. The second-order valence-electron chi connectivity index (χ2n) is 3.30. The highest BCUT2D eigenvalue weighted by molar-refractivity contribution is 5.48. The first-order chi connectivity index (χ1) is 5.84. The molecule has 1 aliphatic rings. The largest absolute Gasteiger partial charge is 0.399 e. The maximum Gasteiger partial charge on any atom is 0.127 e. The molecule has 3 N–H and O–H groups in total. The number of nitrogen functional groups attached to an aromatic ring is 1. The molecular formula is C9H13N3. The number of aromatic nitrogens is 1. The van der Waals surface area contributed by atoms with Crippen LogP contribution in [0.15, 0.2) is 18.3 Å². The van der Waals surface area contributed by atoms with Crippen molar-refractivity contribution >= 4 is 11.5 Å². The zero-order valence-corrected chi connectivity index (χ0v) is 6.96. The van der Waals surface area contributed by atoms with Crippen LogP contribution in [-0.4, -0.2) is 11.5 Å². The van der Waals surface area contributed by atoms with Gasteiger partial charge in [0.25, 0.3) is 0 Å². The lowest BCUT2D eigenvalue weighted by Gasteiger charge is -2.03. The van der Waals surface area contributed by atoms with Crippen LogP contribution in [0.2, 0.25) is 0 Å². The predicted octanol–water partition coefficient (Wildman–Crippen LogP) is 1.49. The van der Waals surface area contributed by atoms with E-state index in [4.69, 9.17) is 5.73 Å². The minimum Gasteiger partial charge on any atom is -0.399 e. The lowest BCUT2D eigenvalue weighted by molar-refractivity contribution is 0.883. The molecule has 64 valence electrons. The SMILES string of the molecule is Nc1ccnc(NCC2CC2)c1. The fraction of sp³-hybridized carbons (Fsp3) is 0.444. The van der Waals surface area contributed by atoms with E-state index in [-0.39, 0.29) is 0 Å². The maximum absolute atomic E-state index is 5.60. The molecule has 0 aliphatic heterocycles. The van der Waals surface area contributed by atoms with Gasteiger partial charge in [-0.05, 0) is 24.8 Å². The van der Waals surface area contributed by atoms with Gasteiger partial charge < -0.3 is 11.1 Å². The Hall–Kier alpha value is -1.25. The van der Waals surface area contributed by atoms with Gasteiger partial charge in [0, 0.05) is 24.5 Å². The third-order valence-corrected chi connectivity index (χ3v) is 2.05. The number of pyridine rings is 1. The topological polar surface area (TPSA) is 50.9 Å². The molecular weight excluding hydrogens is 150 g/mol. The normalized spacial score (nSPS) is 16.0. The van der Waals surface area contributed by atoms with Crippen LogP contribution in [0.25, 0.3) is 0 Å². The third kappa shape index (κ3) is 1.87. The van der Waals surface area contributed by atoms with Gasteiger partial charge in [-0.2, -0.15) is 0 Å². The lowest BCUT2D eigenvalue weighted by atomic mass is 10.4. The summed E-state index contributed by atoms with van der Waals surface area (Å²) in [6.45, 7) is 1.04. The molecule has 1 fully saturated rings. The van der Waals surface area contributed by atoms with Crippen LogP contribution in [0.5, 0.6) is 0 Å². The van der Waals surface area contributed by atoms with E-state index in [0.29, 0.717) is 0 Å². The quantitative estimate of drug-likeness (QED) is 0.709. The zero-order valence-electron chi connectivity index (χ0n) is 6.96. The average Bonchev–Trinajstić information content (AvgIpc) is 2.84. The van der Waals surface area contributed by atoms with E-state index in [1.54, 1.807) is 12.3 Å². The Bertz CT molecular complexity index is 268. The minimum atomic E-state index is 0.767. The summed E-state index contributed by atoms with van der Waals surface area (Å²) < 4.78 is 0. The Morgan fingerprint density at radius 2 is 2.42 bits per heavy atom. The summed E-state index contributed by atoms with van der Waals surface area (Å²) in [5.41, 5.74) is 6.37. The number of nitrogens with one attached hydrogen (secondary N) is 1. The summed E-state index contributed by atoms with van der Waals surface area (Å²) >= 11 is 0. The van der Waals surface area contributed by atoms with Gasteiger partial charge in [-0.3, -0.25) is 0 Å². The smallest absolute Gasteiger partial charge is 0.127 e. The fourth-order valence-corrected chi connectivity index (χ4v) is 1.11. The van der Waals surface area contributed by atoms with Crippen molar-refractivity contribution in [3.8, 4) is 0 Å². The van der Waals surface area contributed by atoms with Crippen LogP contribution < -0.4 is 11.1 Å². The summed E-state index contributed by atoms with van der Waals surface area (Å²) in [6, 6.07) is 3.66. The Balaban J connectivity index is 1.92. The summed E-state index contributed by atoms with van der Waals surface area (Å²) in [4.78, 5) is 4.15. The molecule has 0 aromatic carbocycles. The monoisotopic (exact) mass is 163 g/mol. The molecule has 0 unspecified atom stereocenters. The van der Waals surface area contributed by atoms with E-state index < -0.39 is 0 Å². The fourth-order valence-electron chi connectivity index (χ4n) is 1.11. The van der Waals surface area contributed by atoms with Crippen molar-refractivity contribution < 1.29 is 0 Å². The van der Waals surface area contributed by atoms with E-state index in [1.165, 1.54) is 12.8 Å². The average molecular weight is 163 g/mol. The highest BCUT2D eigenvalue weighted by Gasteiger charge is 2.20. The van der Waals surface area contributed by atoms with Gasteiger partial charge in [0.05, 0.1) is 0 Å². The first-order valence-corrected chi connectivity index (χ1v) is 4.30. The van der Waals surface area contributed by atoms with Crippen molar-refractivity contribution in [3.63, 3.8) is 0 Å². The summed E-state index contributed by atoms with van der Waals surface area (Å²) in [5, 5.41) is 3.26. The molecule has 0 bridgehead atoms. The van der Waals surface area contributed by atoms with E-state index in [9.17, 15) is 0 Å². The Labute approximate surface area is 72.0 Å². The zero-order chi connectivity index (χ0) is 8.39. The van der Waals surface area contributed by atoms with Crippen molar-refractivity contribution in [2.45, 2.75) is 12.8 Å². The Kier molecular flexibility index (Phi) is 1.86. The van der Waals surface area contributed by atoms with Gasteiger partial charge in [0.15, 0.2) is 0 Å². The van der Waals surface area contributed by atoms with Crippen LogP contribution >= 0.6 is 0 Å². The number of rotatable bonds is 3. The summed E-state index contributed by atoms with van der Waals surface area (Å²) in [5.74, 6) is 1.76. The molecule has 1 saturated carbocycles. The van der Waals surface area contributed by atoms with Crippen molar-refractivity contribution in [2.24, 2.45) is 5.92 Å². The van der Waals surface area contributed by atoms with Gasteiger partial charge in [-0.1, -0.05) is 0 Å². The van der Waals surface area contributed by atoms with E-state index >= 15 is 0 Å². The molecule has 1 aromatic heterocycles.